The van der Waals surface area contributed by atoms with Gasteiger partial charge in [0.1, 0.15) is 0 Å². The lowest BCUT2D eigenvalue weighted by atomic mass is 10.2. The number of hydrogen-bond donors (Lipinski definition) is 1. The van der Waals surface area contributed by atoms with Crippen LogP contribution < -0.4 is 5.32 Å². The molecule has 0 spiro atoms. The van der Waals surface area contributed by atoms with Crippen LogP contribution in [0.4, 0.5) is 0 Å². The average Bonchev–Trinajstić information content (AvgIpc) is 3.11. The summed E-state index contributed by atoms with van der Waals surface area (Å²) in [4.78, 5) is 0. The van der Waals surface area contributed by atoms with E-state index in [2.05, 4.69) is 51.4 Å². The van der Waals surface area contributed by atoms with Crippen LogP contribution in [0.2, 0.25) is 0 Å². The van der Waals surface area contributed by atoms with Gasteiger partial charge < -0.3 is 5.32 Å². The molecule has 0 aliphatic rings. The van der Waals surface area contributed by atoms with Gasteiger partial charge in [0.15, 0.2) is 0 Å². The van der Waals surface area contributed by atoms with Crippen molar-refractivity contribution in [1.82, 2.24) is 24.9 Å². The molecule has 5 heteroatoms. The van der Waals surface area contributed by atoms with Gasteiger partial charge in [0.25, 0.3) is 0 Å². The molecule has 5 nitrogen and oxygen atoms in total. The van der Waals surface area contributed by atoms with Crippen molar-refractivity contribution in [2.75, 3.05) is 6.54 Å². The summed E-state index contributed by atoms with van der Waals surface area (Å²) in [7, 11) is 0. The SMILES string of the molecule is CCn1nc(CNCCn2cccn2)c2ccccc21. The van der Waals surface area contributed by atoms with E-state index < -0.39 is 0 Å². The van der Waals surface area contributed by atoms with Gasteiger partial charge in [-0.3, -0.25) is 9.36 Å². The summed E-state index contributed by atoms with van der Waals surface area (Å²) in [5, 5.41) is 13.5. The van der Waals surface area contributed by atoms with E-state index >= 15 is 0 Å². The molecule has 104 valence electrons. The average molecular weight is 269 g/mol. The summed E-state index contributed by atoms with van der Waals surface area (Å²) >= 11 is 0. The van der Waals surface area contributed by atoms with Crippen molar-refractivity contribution < 1.29 is 0 Å². The van der Waals surface area contributed by atoms with E-state index in [-0.39, 0.29) is 0 Å². The van der Waals surface area contributed by atoms with Crippen LogP contribution in [0.15, 0.2) is 42.7 Å². The minimum absolute atomic E-state index is 0.786. The van der Waals surface area contributed by atoms with Crippen molar-refractivity contribution in [2.24, 2.45) is 0 Å². The van der Waals surface area contributed by atoms with Crippen LogP contribution in [0.3, 0.4) is 0 Å². The molecule has 1 N–H and O–H groups in total. The van der Waals surface area contributed by atoms with Gasteiger partial charge in [-0.1, -0.05) is 18.2 Å². The summed E-state index contributed by atoms with van der Waals surface area (Å²) in [6, 6.07) is 10.3. The molecule has 0 fully saturated rings. The number of nitrogens with one attached hydrogen (secondary N) is 1. The lowest BCUT2D eigenvalue weighted by Gasteiger charge is -2.03. The Labute approximate surface area is 118 Å². The van der Waals surface area contributed by atoms with E-state index in [1.807, 2.05) is 16.9 Å². The molecule has 3 rings (SSSR count). The molecule has 0 atom stereocenters. The van der Waals surface area contributed by atoms with Crippen molar-refractivity contribution >= 4 is 10.9 Å². The van der Waals surface area contributed by atoms with Crippen molar-refractivity contribution in [2.45, 2.75) is 26.6 Å². The van der Waals surface area contributed by atoms with E-state index in [0.717, 1.165) is 31.9 Å². The maximum absolute atomic E-state index is 4.67. The Morgan fingerprint density at radius 1 is 1.20 bits per heavy atom. The van der Waals surface area contributed by atoms with Gasteiger partial charge in [0, 0.05) is 37.4 Å². The van der Waals surface area contributed by atoms with Crippen molar-refractivity contribution in [3.05, 3.63) is 48.4 Å². The summed E-state index contributed by atoms with van der Waals surface area (Å²) in [5.41, 5.74) is 2.32. The summed E-state index contributed by atoms with van der Waals surface area (Å²) < 4.78 is 3.98. The molecule has 2 aromatic heterocycles. The number of aryl methyl sites for hydroxylation is 1. The quantitative estimate of drug-likeness (QED) is 0.697. The monoisotopic (exact) mass is 269 g/mol. The fourth-order valence-corrected chi connectivity index (χ4v) is 2.40. The fraction of sp³-hybridized carbons (Fsp3) is 0.333. The minimum Gasteiger partial charge on any atom is -0.309 e. The predicted octanol–water partition coefficient (Wildman–Crippen LogP) is 2.04. The number of aromatic nitrogens is 4. The van der Waals surface area contributed by atoms with Crippen LogP contribution in [0, 0.1) is 0 Å². The molecule has 0 saturated carbocycles. The van der Waals surface area contributed by atoms with E-state index in [1.54, 1.807) is 6.20 Å². The number of nitrogens with zero attached hydrogens (tertiary/aromatic N) is 4. The Hall–Kier alpha value is -2.14. The Morgan fingerprint density at radius 2 is 2.10 bits per heavy atom. The first-order valence-corrected chi connectivity index (χ1v) is 7.01. The van der Waals surface area contributed by atoms with Gasteiger partial charge in [-0.15, -0.1) is 0 Å². The highest BCUT2D eigenvalue weighted by molar-refractivity contribution is 5.81. The number of fused-ring (bicyclic) bond motifs is 1. The normalized spacial score (nSPS) is 11.2. The van der Waals surface area contributed by atoms with Gasteiger partial charge >= 0.3 is 0 Å². The largest absolute Gasteiger partial charge is 0.309 e. The smallest absolute Gasteiger partial charge is 0.0841 e. The van der Waals surface area contributed by atoms with Gasteiger partial charge in [-0.25, -0.2) is 0 Å². The minimum atomic E-state index is 0.786. The maximum atomic E-state index is 4.67. The van der Waals surface area contributed by atoms with Gasteiger partial charge in [-0.05, 0) is 19.1 Å². The molecular weight excluding hydrogens is 250 g/mol. The number of benzene rings is 1. The Bertz CT molecular complexity index is 669. The summed E-state index contributed by atoms with van der Waals surface area (Å²) in [5.74, 6) is 0. The lowest BCUT2D eigenvalue weighted by Crippen LogP contribution is -2.20. The van der Waals surface area contributed by atoms with Crippen LogP contribution in [-0.2, 0) is 19.6 Å². The number of rotatable bonds is 6. The van der Waals surface area contributed by atoms with Crippen molar-refractivity contribution in [3.63, 3.8) is 0 Å². The van der Waals surface area contributed by atoms with E-state index in [4.69, 9.17) is 0 Å². The van der Waals surface area contributed by atoms with Gasteiger partial charge in [0.05, 0.1) is 17.8 Å². The zero-order valence-corrected chi connectivity index (χ0v) is 11.7. The summed E-state index contributed by atoms with van der Waals surface area (Å²) in [6.45, 7) is 5.56. The molecule has 0 amide bonds. The fourth-order valence-electron chi connectivity index (χ4n) is 2.40. The van der Waals surface area contributed by atoms with E-state index in [1.165, 1.54) is 10.9 Å². The molecule has 0 saturated heterocycles. The lowest BCUT2D eigenvalue weighted by molar-refractivity contribution is 0.547. The molecule has 0 aliphatic carbocycles. The van der Waals surface area contributed by atoms with Crippen molar-refractivity contribution in [1.29, 1.82) is 0 Å². The third-order valence-corrected chi connectivity index (χ3v) is 3.40. The molecular formula is C15H19N5. The first-order valence-electron chi connectivity index (χ1n) is 7.01. The third kappa shape index (κ3) is 2.58. The molecule has 3 aromatic rings. The molecule has 20 heavy (non-hydrogen) atoms. The summed E-state index contributed by atoms with van der Waals surface area (Å²) in [6.07, 6.45) is 3.78. The second kappa shape index (κ2) is 5.88. The highest BCUT2D eigenvalue weighted by Gasteiger charge is 2.08. The number of para-hydroxylation sites is 1. The maximum Gasteiger partial charge on any atom is 0.0841 e. The second-order valence-electron chi connectivity index (χ2n) is 4.73. The van der Waals surface area contributed by atoms with Crippen molar-refractivity contribution in [3.8, 4) is 0 Å². The van der Waals surface area contributed by atoms with Gasteiger partial charge in [0.2, 0.25) is 0 Å². The Morgan fingerprint density at radius 3 is 2.90 bits per heavy atom. The zero-order chi connectivity index (χ0) is 13.8. The predicted molar refractivity (Wildman–Crippen MR) is 79.3 cm³/mol. The first kappa shape index (κ1) is 12.9. The molecule has 0 radical (unpaired) electrons. The molecule has 0 bridgehead atoms. The Balaban J connectivity index is 1.65. The van der Waals surface area contributed by atoms with E-state index in [9.17, 15) is 0 Å². The third-order valence-electron chi connectivity index (χ3n) is 3.40. The van der Waals surface area contributed by atoms with Crippen LogP contribution >= 0.6 is 0 Å². The molecule has 2 heterocycles. The second-order valence-corrected chi connectivity index (χ2v) is 4.73. The highest BCUT2D eigenvalue weighted by Crippen LogP contribution is 2.18. The van der Waals surface area contributed by atoms with Gasteiger partial charge in [-0.2, -0.15) is 10.2 Å². The van der Waals surface area contributed by atoms with Crippen LogP contribution in [0.5, 0.6) is 0 Å². The topological polar surface area (TPSA) is 47.7 Å². The molecule has 0 aliphatic heterocycles. The van der Waals surface area contributed by atoms with E-state index in [0.29, 0.717) is 0 Å². The standard InChI is InChI=1S/C15H19N5/c1-2-20-15-7-4-3-6-13(15)14(18-20)12-16-9-11-19-10-5-8-17-19/h3-8,10,16H,2,9,11-12H2,1H3. The number of hydrogen-bond acceptors (Lipinski definition) is 3. The highest BCUT2D eigenvalue weighted by atomic mass is 15.3. The van der Waals surface area contributed by atoms with Crippen LogP contribution in [0.1, 0.15) is 12.6 Å². The first-order chi connectivity index (χ1) is 9.88. The molecule has 0 unspecified atom stereocenters. The van der Waals surface area contributed by atoms with Crippen LogP contribution in [0.25, 0.3) is 10.9 Å². The Kier molecular flexibility index (Phi) is 3.78. The van der Waals surface area contributed by atoms with Crippen LogP contribution in [-0.4, -0.2) is 26.1 Å². The molecule has 1 aromatic carbocycles. The zero-order valence-electron chi connectivity index (χ0n) is 11.7.